The van der Waals surface area contributed by atoms with E-state index < -0.39 is 0 Å². The highest BCUT2D eigenvalue weighted by molar-refractivity contribution is 6.30. The highest BCUT2D eigenvalue weighted by Gasteiger charge is 2.28. The first-order valence-electron chi connectivity index (χ1n) is 5.55. The lowest BCUT2D eigenvalue weighted by Crippen LogP contribution is -1.98. The summed E-state index contributed by atoms with van der Waals surface area (Å²) >= 11 is 6.21. The predicted octanol–water partition coefficient (Wildman–Crippen LogP) is 3.38. The van der Waals surface area contributed by atoms with Crippen LogP contribution in [0.4, 0.5) is 0 Å². The number of nitrogens with zero attached hydrogens (tertiary/aromatic N) is 2. The molecule has 0 saturated heterocycles. The number of hydrogen-bond acceptors (Lipinski definition) is 1. The molecule has 0 aliphatic carbocycles. The molecule has 0 radical (unpaired) electrons. The summed E-state index contributed by atoms with van der Waals surface area (Å²) in [4.78, 5) is 4.58. The van der Waals surface area contributed by atoms with Gasteiger partial charge in [-0.25, -0.2) is 4.98 Å². The van der Waals surface area contributed by atoms with Crippen LogP contribution in [0.25, 0.3) is 0 Å². The van der Waals surface area contributed by atoms with Crippen molar-refractivity contribution in [3.8, 4) is 0 Å². The summed E-state index contributed by atoms with van der Waals surface area (Å²) in [5.41, 5.74) is 2.28. The fourth-order valence-electron chi connectivity index (χ4n) is 2.44. The van der Waals surface area contributed by atoms with E-state index in [1.54, 1.807) is 0 Å². The minimum atomic E-state index is 0.410. The number of halogens is 1. The first kappa shape index (κ1) is 9.91. The molecule has 3 rings (SSSR count). The summed E-state index contributed by atoms with van der Waals surface area (Å²) in [6.45, 7) is 2.95. The average Bonchev–Trinajstić information content (AvgIpc) is 2.83. The van der Waals surface area contributed by atoms with Crippen LogP contribution in [0.1, 0.15) is 29.4 Å². The van der Waals surface area contributed by atoms with E-state index in [1.807, 2.05) is 13.0 Å². The lowest BCUT2D eigenvalue weighted by atomic mass is 9.97. The van der Waals surface area contributed by atoms with E-state index in [9.17, 15) is 0 Å². The van der Waals surface area contributed by atoms with Gasteiger partial charge in [0.25, 0.3) is 0 Å². The highest BCUT2D eigenvalue weighted by Crippen LogP contribution is 2.36. The van der Waals surface area contributed by atoms with Crippen LogP contribution in [0.2, 0.25) is 5.15 Å². The Balaban J connectivity index is 2.07. The molecule has 1 aliphatic heterocycles. The van der Waals surface area contributed by atoms with Crippen molar-refractivity contribution in [3.05, 3.63) is 52.6 Å². The van der Waals surface area contributed by atoms with E-state index in [4.69, 9.17) is 11.6 Å². The van der Waals surface area contributed by atoms with E-state index in [0.29, 0.717) is 5.92 Å². The number of rotatable bonds is 1. The third-order valence-electron chi connectivity index (χ3n) is 3.25. The lowest BCUT2D eigenvalue weighted by Gasteiger charge is -2.07. The normalized spacial score (nSPS) is 18.8. The van der Waals surface area contributed by atoms with Crippen LogP contribution in [0.5, 0.6) is 0 Å². The van der Waals surface area contributed by atoms with Gasteiger partial charge in [0.2, 0.25) is 0 Å². The molecular formula is C13H13ClN2. The molecule has 1 unspecified atom stereocenters. The van der Waals surface area contributed by atoms with Crippen LogP contribution < -0.4 is 0 Å². The van der Waals surface area contributed by atoms with Gasteiger partial charge < -0.3 is 4.57 Å². The molecule has 1 aliphatic rings. The van der Waals surface area contributed by atoms with Crippen molar-refractivity contribution < 1.29 is 0 Å². The Morgan fingerprint density at radius 2 is 2.06 bits per heavy atom. The topological polar surface area (TPSA) is 17.8 Å². The van der Waals surface area contributed by atoms with Gasteiger partial charge in [-0.1, -0.05) is 41.9 Å². The Labute approximate surface area is 99.9 Å². The Morgan fingerprint density at radius 1 is 1.31 bits per heavy atom. The molecule has 0 saturated carbocycles. The third kappa shape index (κ3) is 1.37. The van der Waals surface area contributed by atoms with Crippen LogP contribution >= 0.6 is 11.6 Å². The van der Waals surface area contributed by atoms with Gasteiger partial charge in [0.15, 0.2) is 0 Å². The fourth-order valence-corrected chi connectivity index (χ4v) is 2.65. The van der Waals surface area contributed by atoms with Crippen LogP contribution in [-0.4, -0.2) is 9.55 Å². The van der Waals surface area contributed by atoms with Gasteiger partial charge in [-0.3, -0.25) is 0 Å². The van der Waals surface area contributed by atoms with Crippen molar-refractivity contribution in [2.45, 2.75) is 25.8 Å². The number of imidazole rings is 1. The zero-order valence-electron chi connectivity index (χ0n) is 9.15. The fraction of sp³-hybridized carbons (Fsp3) is 0.308. The summed E-state index contributed by atoms with van der Waals surface area (Å²) in [6, 6.07) is 10.5. The molecule has 0 amide bonds. The SMILES string of the molecule is Cc1nc2n(c1Cl)CCC2c1ccccc1. The zero-order valence-corrected chi connectivity index (χ0v) is 9.91. The molecule has 0 fully saturated rings. The number of aryl methyl sites for hydroxylation is 1. The first-order valence-corrected chi connectivity index (χ1v) is 5.92. The number of aromatic nitrogens is 2. The van der Waals surface area contributed by atoms with Gasteiger partial charge >= 0.3 is 0 Å². The lowest BCUT2D eigenvalue weighted by molar-refractivity contribution is 0.719. The molecule has 2 nitrogen and oxygen atoms in total. The van der Waals surface area contributed by atoms with Crippen molar-refractivity contribution in [1.29, 1.82) is 0 Å². The second-order valence-corrected chi connectivity index (χ2v) is 4.61. The van der Waals surface area contributed by atoms with E-state index in [0.717, 1.165) is 29.6 Å². The summed E-state index contributed by atoms with van der Waals surface area (Å²) in [6.07, 6.45) is 1.10. The molecule has 1 aromatic carbocycles. The molecule has 16 heavy (non-hydrogen) atoms. The predicted molar refractivity (Wildman–Crippen MR) is 64.9 cm³/mol. The van der Waals surface area contributed by atoms with Crippen molar-refractivity contribution in [2.75, 3.05) is 0 Å². The monoisotopic (exact) mass is 232 g/mol. The standard InChI is InChI=1S/C13H13ClN2/c1-9-12(14)16-8-7-11(13(16)15-9)10-5-3-2-4-6-10/h2-6,11H,7-8H2,1H3. The summed E-state index contributed by atoms with van der Waals surface area (Å²) in [5.74, 6) is 1.53. The largest absolute Gasteiger partial charge is 0.318 e. The molecular weight excluding hydrogens is 220 g/mol. The van der Waals surface area contributed by atoms with Crippen LogP contribution in [0, 0.1) is 6.92 Å². The van der Waals surface area contributed by atoms with Crippen molar-refractivity contribution in [2.24, 2.45) is 0 Å². The van der Waals surface area contributed by atoms with Crippen molar-refractivity contribution in [3.63, 3.8) is 0 Å². The maximum atomic E-state index is 6.21. The number of benzene rings is 1. The van der Waals surface area contributed by atoms with Gasteiger partial charge in [-0.05, 0) is 18.9 Å². The highest BCUT2D eigenvalue weighted by atomic mass is 35.5. The average molecular weight is 233 g/mol. The van der Waals surface area contributed by atoms with E-state index in [1.165, 1.54) is 5.56 Å². The minimum absolute atomic E-state index is 0.410. The zero-order chi connectivity index (χ0) is 11.1. The molecule has 1 aromatic heterocycles. The van der Waals surface area contributed by atoms with Crippen LogP contribution in [0.3, 0.4) is 0 Å². The second kappa shape index (κ2) is 3.63. The molecule has 0 N–H and O–H groups in total. The quantitative estimate of drug-likeness (QED) is 0.737. The van der Waals surface area contributed by atoms with Gasteiger partial charge in [-0.2, -0.15) is 0 Å². The van der Waals surface area contributed by atoms with E-state index in [2.05, 4.69) is 33.8 Å². The maximum Gasteiger partial charge on any atom is 0.131 e. The Kier molecular flexibility index (Phi) is 2.25. The van der Waals surface area contributed by atoms with Crippen LogP contribution in [0.15, 0.2) is 30.3 Å². The molecule has 0 spiro atoms. The molecule has 0 bridgehead atoms. The molecule has 1 atom stereocenters. The Hall–Kier alpha value is -1.28. The third-order valence-corrected chi connectivity index (χ3v) is 3.73. The maximum absolute atomic E-state index is 6.21. The molecule has 2 heterocycles. The summed E-state index contributed by atoms with van der Waals surface area (Å²) < 4.78 is 2.13. The Bertz CT molecular complexity index is 516. The van der Waals surface area contributed by atoms with E-state index >= 15 is 0 Å². The van der Waals surface area contributed by atoms with Gasteiger partial charge in [0.1, 0.15) is 11.0 Å². The van der Waals surface area contributed by atoms with Crippen molar-refractivity contribution in [1.82, 2.24) is 9.55 Å². The number of fused-ring (bicyclic) bond motifs is 1. The van der Waals surface area contributed by atoms with Gasteiger partial charge in [-0.15, -0.1) is 0 Å². The van der Waals surface area contributed by atoms with E-state index in [-0.39, 0.29) is 0 Å². The first-order chi connectivity index (χ1) is 7.77. The summed E-state index contributed by atoms with van der Waals surface area (Å²) in [7, 11) is 0. The minimum Gasteiger partial charge on any atom is -0.318 e. The molecule has 82 valence electrons. The molecule has 3 heteroatoms. The number of hydrogen-bond donors (Lipinski definition) is 0. The second-order valence-electron chi connectivity index (χ2n) is 4.25. The van der Waals surface area contributed by atoms with Crippen LogP contribution in [-0.2, 0) is 6.54 Å². The van der Waals surface area contributed by atoms with Crippen molar-refractivity contribution >= 4 is 11.6 Å². The Morgan fingerprint density at radius 3 is 2.81 bits per heavy atom. The smallest absolute Gasteiger partial charge is 0.131 e. The molecule has 2 aromatic rings. The van der Waals surface area contributed by atoms with Gasteiger partial charge in [0.05, 0.1) is 5.69 Å². The summed E-state index contributed by atoms with van der Waals surface area (Å²) in [5, 5.41) is 0.799. The van der Waals surface area contributed by atoms with Gasteiger partial charge in [0, 0.05) is 12.5 Å².